The smallest absolute Gasteiger partial charge is 0.127 e. The minimum atomic E-state index is -0.366. The van der Waals surface area contributed by atoms with Gasteiger partial charge in [0.05, 0.1) is 0 Å². The van der Waals surface area contributed by atoms with Gasteiger partial charge in [-0.05, 0) is 55.0 Å². The van der Waals surface area contributed by atoms with Crippen molar-refractivity contribution >= 4 is 0 Å². The van der Waals surface area contributed by atoms with Crippen LogP contribution in [0.15, 0.2) is 18.2 Å². The van der Waals surface area contributed by atoms with E-state index < -0.39 is 0 Å². The quantitative estimate of drug-likeness (QED) is 0.817. The molecule has 0 amide bonds. The third kappa shape index (κ3) is 1.76. The molecule has 1 saturated carbocycles. The molecule has 0 aromatic heterocycles. The van der Waals surface area contributed by atoms with Crippen LogP contribution in [-0.4, -0.2) is 6.54 Å². The molecule has 1 aliphatic carbocycles. The summed E-state index contributed by atoms with van der Waals surface area (Å²) in [6.45, 7) is 0.524. The Morgan fingerprint density at radius 1 is 1.27 bits per heavy atom. The second kappa shape index (κ2) is 3.89. The number of benzene rings is 1. The van der Waals surface area contributed by atoms with Crippen molar-refractivity contribution in [1.82, 2.24) is 0 Å². The second-order valence-electron chi connectivity index (χ2n) is 4.30. The monoisotopic (exact) mass is 211 g/mol. The highest BCUT2D eigenvalue weighted by atomic mass is 19.1. The molecule has 3 heteroatoms. The Bertz CT molecular complexity index is 359. The first kappa shape index (κ1) is 10.6. The SMILES string of the molecule is NCCC1(c2cc(F)ccc2F)CCC1. The number of halogens is 2. The van der Waals surface area contributed by atoms with Crippen molar-refractivity contribution in [3.8, 4) is 0 Å². The van der Waals surface area contributed by atoms with Crippen LogP contribution in [0.1, 0.15) is 31.2 Å². The molecule has 82 valence electrons. The first-order valence-corrected chi connectivity index (χ1v) is 5.33. The molecule has 15 heavy (non-hydrogen) atoms. The highest BCUT2D eigenvalue weighted by Gasteiger charge is 2.39. The first-order valence-electron chi connectivity index (χ1n) is 5.33. The van der Waals surface area contributed by atoms with Crippen molar-refractivity contribution in [1.29, 1.82) is 0 Å². The van der Waals surface area contributed by atoms with E-state index in [0.717, 1.165) is 31.7 Å². The van der Waals surface area contributed by atoms with Gasteiger partial charge in [-0.3, -0.25) is 0 Å². The lowest BCUT2D eigenvalue weighted by molar-refractivity contribution is 0.221. The Morgan fingerprint density at radius 2 is 2.00 bits per heavy atom. The van der Waals surface area contributed by atoms with Gasteiger partial charge in [-0.2, -0.15) is 0 Å². The molecule has 0 unspecified atom stereocenters. The van der Waals surface area contributed by atoms with Crippen LogP contribution >= 0.6 is 0 Å². The predicted octanol–water partition coefficient (Wildman–Crippen LogP) is 2.74. The second-order valence-corrected chi connectivity index (χ2v) is 4.30. The van der Waals surface area contributed by atoms with Gasteiger partial charge in [-0.15, -0.1) is 0 Å². The zero-order valence-electron chi connectivity index (χ0n) is 8.60. The summed E-state index contributed by atoms with van der Waals surface area (Å²) >= 11 is 0. The van der Waals surface area contributed by atoms with E-state index in [4.69, 9.17) is 5.73 Å². The maximum absolute atomic E-state index is 13.6. The van der Waals surface area contributed by atoms with Crippen LogP contribution in [0, 0.1) is 11.6 Å². The van der Waals surface area contributed by atoms with Crippen molar-refractivity contribution < 1.29 is 8.78 Å². The Morgan fingerprint density at radius 3 is 2.53 bits per heavy atom. The topological polar surface area (TPSA) is 26.0 Å². The molecule has 0 aliphatic heterocycles. The van der Waals surface area contributed by atoms with E-state index in [2.05, 4.69) is 0 Å². The van der Waals surface area contributed by atoms with Crippen LogP contribution < -0.4 is 5.73 Å². The van der Waals surface area contributed by atoms with Gasteiger partial charge in [0.1, 0.15) is 11.6 Å². The Hall–Kier alpha value is -0.960. The summed E-state index contributed by atoms with van der Waals surface area (Å²) < 4.78 is 26.7. The van der Waals surface area contributed by atoms with Gasteiger partial charge >= 0.3 is 0 Å². The summed E-state index contributed by atoms with van der Waals surface area (Å²) in [4.78, 5) is 0. The van der Waals surface area contributed by atoms with Crippen LogP contribution in [0.4, 0.5) is 8.78 Å². The van der Waals surface area contributed by atoms with Crippen LogP contribution in [0.3, 0.4) is 0 Å². The summed E-state index contributed by atoms with van der Waals surface area (Å²) in [5.41, 5.74) is 5.85. The summed E-state index contributed by atoms with van der Waals surface area (Å²) in [7, 11) is 0. The Labute approximate surface area is 88.3 Å². The van der Waals surface area contributed by atoms with E-state index in [-0.39, 0.29) is 17.0 Å². The van der Waals surface area contributed by atoms with Crippen molar-refractivity contribution in [2.75, 3.05) is 6.54 Å². The lowest BCUT2D eigenvalue weighted by Gasteiger charge is -2.42. The molecule has 0 radical (unpaired) electrons. The highest BCUT2D eigenvalue weighted by molar-refractivity contribution is 5.30. The fraction of sp³-hybridized carbons (Fsp3) is 0.500. The van der Waals surface area contributed by atoms with Gasteiger partial charge in [0.25, 0.3) is 0 Å². The molecule has 1 aliphatic rings. The molecule has 0 atom stereocenters. The van der Waals surface area contributed by atoms with Gasteiger partial charge in [0.15, 0.2) is 0 Å². The molecule has 1 fully saturated rings. The van der Waals surface area contributed by atoms with Gasteiger partial charge < -0.3 is 5.73 Å². The minimum absolute atomic E-state index is 0.194. The van der Waals surface area contributed by atoms with Gasteiger partial charge in [0, 0.05) is 0 Å². The van der Waals surface area contributed by atoms with Crippen molar-refractivity contribution in [3.05, 3.63) is 35.4 Å². The largest absolute Gasteiger partial charge is 0.330 e. The predicted molar refractivity (Wildman–Crippen MR) is 55.6 cm³/mol. The zero-order valence-corrected chi connectivity index (χ0v) is 8.60. The maximum Gasteiger partial charge on any atom is 0.127 e. The molecule has 2 rings (SSSR count). The molecule has 0 spiro atoms. The maximum atomic E-state index is 13.6. The average Bonchev–Trinajstić information content (AvgIpc) is 2.16. The van der Waals surface area contributed by atoms with Crippen molar-refractivity contribution in [3.63, 3.8) is 0 Å². The molecular weight excluding hydrogens is 196 g/mol. The van der Waals surface area contributed by atoms with Crippen LogP contribution in [0.2, 0.25) is 0 Å². The lowest BCUT2D eigenvalue weighted by Crippen LogP contribution is -2.37. The van der Waals surface area contributed by atoms with Gasteiger partial charge in [-0.25, -0.2) is 8.78 Å². The van der Waals surface area contributed by atoms with E-state index in [0.29, 0.717) is 12.1 Å². The minimum Gasteiger partial charge on any atom is -0.330 e. The van der Waals surface area contributed by atoms with E-state index >= 15 is 0 Å². The van der Waals surface area contributed by atoms with E-state index in [1.807, 2.05) is 0 Å². The fourth-order valence-corrected chi connectivity index (χ4v) is 2.44. The van der Waals surface area contributed by atoms with Crippen LogP contribution in [0.5, 0.6) is 0 Å². The first-order chi connectivity index (χ1) is 7.18. The fourth-order valence-electron chi connectivity index (χ4n) is 2.44. The molecule has 0 bridgehead atoms. The molecule has 1 aromatic carbocycles. The Kier molecular flexibility index (Phi) is 2.74. The molecule has 1 aromatic rings. The highest BCUT2D eigenvalue weighted by Crippen LogP contribution is 2.47. The molecule has 0 saturated heterocycles. The lowest BCUT2D eigenvalue weighted by atomic mass is 9.62. The number of hydrogen-bond acceptors (Lipinski definition) is 1. The molecular formula is C12H15F2N. The summed E-state index contributed by atoms with van der Waals surface area (Å²) in [5, 5.41) is 0. The standard InChI is InChI=1S/C12H15F2N/c13-9-2-3-11(14)10(8-9)12(6-7-15)4-1-5-12/h2-3,8H,1,4-7,15H2. The van der Waals surface area contributed by atoms with E-state index in [9.17, 15) is 8.78 Å². The van der Waals surface area contributed by atoms with E-state index in [1.165, 1.54) is 12.1 Å². The third-order valence-corrected chi connectivity index (χ3v) is 3.43. The molecule has 1 nitrogen and oxygen atoms in total. The van der Waals surface area contributed by atoms with Crippen LogP contribution in [-0.2, 0) is 5.41 Å². The molecule has 2 N–H and O–H groups in total. The normalized spacial score (nSPS) is 18.6. The third-order valence-electron chi connectivity index (χ3n) is 3.43. The average molecular weight is 211 g/mol. The van der Waals surface area contributed by atoms with Crippen molar-refractivity contribution in [2.45, 2.75) is 31.1 Å². The van der Waals surface area contributed by atoms with Gasteiger partial charge in [0.2, 0.25) is 0 Å². The number of nitrogens with two attached hydrogens (primary N) is 1. The van der Waals surface area contributed by atoms with Crippen LogP contribution in [0.25, 0.3) is 0 Å². The number of rotatable bonds is 3. The van der Waals surface area contributed by atoms with Gasteiger partial charge in [-0.1, -0.05) is 6.42 Å². The summed E-state index contributed by atoms with van der Waals surface area (Å²) in [5.74, 6) is -0.667. The van der Waals surface area contributed by atoms with Crippen molar-refractivity contribution in [2.24, 2.45) is 5.73 Å². The zero-order chi connectivity index (χ0) is 10.9. The Balaban J connectivity index is 2.37. The number of hydrogen-bond donors (Lipinski definition) is 1. The molecule has 0 heterocycles. The summed E-state index contributed by atoms with van der Waals surface area (Å²) in [6.07, 6.45) is 3.67. The summed E-state index contributed by atoms with van der Waals surface area (Å²) in [6, 6.07) is 3.69. The van der Waals surface area contributed by atoms with E-state index in [1.54, 1.807) is 0 Å².